The highest BCUT2D eigenvalue weighted by Crippen LogP contribution is 2.12. The van der Waals surface area contributed by atoms with E-state index in [0.29, 0.717) is 12.5 Å². The summed E-state index contributed by atoms with van der Waals surface area (Å²) in [5.41, 5.74) is 0.821. The highest BCUT2D eigenvalue weighted by Gasteiger charge is 2.13. The lowest BCUT2D eigenvalue weighted by Crippen LogP contribution is -2.34. The van der Waals surface area contributed by atoms with E-state index >= 15 is 0 Å². The molecule has 1 aromatic rings. The molecule has 1 saturated heterocycles. The van der Waals surface area contributed by atoms with Crippen LogP contribution in [-0.4, -0.2) is 23.5 Å². The summed E-state index contributed by atoms with van der Waals surface area (Å²) in [7, 11) is 0. The highest BCUT2D eigenvalue weighted by molar-refractivity contribution is 5.90. The fourth-order valence-corrected chi connectivity index (χ4v) is 2.13. The first-order chi connectivity index (χ1) is 8.34. The van der Waals surface area contributed by atoms with Crippen LogP contribution in [0.3, 0.4) is 0 Å². The Morgan fingerprint density at radius 3 is 2.94 bits per heavy atom. The lowest BCUT2D eigenvalue weighted by molar-refractivity contribution is -0.116. The average molecular weight is 233 g/mol. The highest BCUT2D eigenvalue weighted by atomic mass is 16.1. The molecule has 1 atom stereocenters. The van der Waals surface area contributed by atoms with Crippen LogP contribution in [0.15, 0.2) is 24.5 Å². The van der Waals surface area contributed by atoms with Crippen molar-refractivity contribution in [1.82, 2.24) is 10.3 Å². The Hall–Kier alpha value is -1.42. The molecular formula is C13H19N3O. The van der Waals surface area contributed by atoms with Crippen molar-refractivity contribution in [2.45, 2.75) is 38.1 Å². The van der Waals surface area contributed by atoms with Crippen molar-refractivity contribution in [2.75, 3.05) is 11.9 Å². The molecule has 0 bridgehead atoms. The number of pyridine rings is 1. The van der Waals surface area contributed by atoms with E-state index in [1.165, 1.54) is 19.3 Å². The number of aromatic nitrogens is 1. The standard InChI is InChI=1S/C13H19N3O/c17-13(16-12-6-9-14-10-7-12)5-4-11-3-1-2-8-15-11/h6-7,9-11,15H,1-5,8H2,(H,14,16,17). The number of nitrogens with zero attached hydrogens (tertiary/aromatic N) is 1. The summed E-state index contributed by atoms with van der Waals surface area (Å²) in [5.74, 6) is 0.0866. The van der Waals surface area contributed by atoms with Gasteiger partial charge in [-0.05, 0) is 37.9 Å². The molecule has 92 valence electrons. The van der Waals surface area contributed by atoms with Gasteiger partial charge in [0.25, 0.3) is 0 Å². The second-order valence-corrected chi connectivity index (χ2v) is 4.47. The van der Waals surface area contributed by atoms with Crippen molar-refractivity contribution in [3.05, 3.63) is 24.5 Å². The van der Waals surface area contributed by atoms with Crippen LogP contribution in [0.1, 0.15) is 32.1 Å². The van der Waals surface area contributed by atoms with Crippen LogP contribution >= 0.6 is 0 Å². The monoisotopic (exact) mass is 233 g/mol. The Bertz CT molecular complexity index is 347. The van der Waals surface area contributed by atoms with Gasteiger partial charge < -0.3 is 10.6 Å². The first-order valence-corrected chi connectivity index (χ1v) is 6.28. The van der Waals surface area contributed by atoms with Gasteiger partial charge in [-0.3, -0.25) is 9.78 Å². The molecule has 4 nitrogen and oxygen atoms in total. The maximum atomic E-state index is 11.7. The molecule has 0 aromatic carbocycles. The van der Waals surface area contributed by atoms with Gasteiger partial charge in [0.15, 0.2) is 0 Å². The number of hydrogen-bond donors (Lipinski definition) is 2. The van der Waals surface area contributed by atoms with E-state index in [-0.39, 0.29) is 5.91 Å². The van der Waals surface area contributed by atoms with E-state index in [1.54, 1.807) is 24.5 Å². The third-order valence-electron chi connectivity index (χ3n) is 3.10. The van der Waals surface area contributed by atoms with Crippen LogP contribution in [0, 0.1) is 0 Å². The minimum absolute atomic E-state index is 0.0866. The molecule has 2 rings (SSSR count). The van der Waals surface area contributed by atoms with E-state index in [1.807, 2.05) is 0 Å². The smallest absolute Gasteiger partial charge is 0.224 e. The molecule has 0 saturated carbocycles. The molecule has 0 spiro atoms. The largest absolute Gasteiger partial charge is 0.326 e. The Labute approximate surface area is 102 Å². The van der Waals surface area contributed by atoms with E-state index in [2.05, 4.69) is 15.6 Å². The molecule has 0 radical (unpaired) electrons. The zero-order valence-corrected chi connectivity index (χ0v) is 9.98. The number of anilines is 1. The maximum absolute atomic E-state index is 11.7. The zero-order valence-electron chi connectivity index (χ0n) is 9.98. The molecule has 1 aliphatic heterocycles. The molecule has 4 heteroatoms. The van der Waals surface area contributed by atoms with Gasteiger partial charge in [-0.2, -0.15) is 0 Å². The van der Waals surface area contributed by atoms with Gasteiger partial charge in [-0.15, -0.1) is 0 Å². The third kappa shape index (κ3) is 4.15. The molecule has 1 fully saturated rings. The Morgan fingerprint density at radius 2 is 2.24 bits per heavy atom. The fourth-order valence-electron chi connectivity index (χ4n) is 2.13. The second kappa shape index (κ2) is 6.35. The quantitative estimate of drug-likeness (QED) is 0.835. The normalized spacial score (nSPS) is 19.9. The number of hydrogen-bond acceptors (Lipinski definition) is 3. The van der Waals surface area contributed by atoms with Crippen molar-refractivity contribution < 1.29 is 4.79 Å². The lowest BCUT2D eigenvalue weighted by Gasteiger charge is -2.23. The SMILES string of the molecule is O=C(CCC1CCCCN1)Nc1ccncc1. The van der Waals surface area contributed by atoms with E-state index in [0.717, 1.165) is 18.7 Å². The maximum Gasteiger partial charge on any atom is 0.224 e. The van der Waals surface area contributed by atoms with Gasteiger partial charge in [-0.25, -0.2) is 0 Å². The van der Waals surface area contributed by atoms with Gasteiger partial charge in [0.2, 0.25) is 5.91 Å². The van der Waals surface area contributed by atoms with Crippen LogP contribution < -0.4 is 10.6 Å². The fraction of sp³-hybridized carbons (Fsp3) is 0.538. The first-order valence-electron chi connectivity index (χ1n) is 6.28. The van der Waals surface area contributed by atoms with Gasteiger partial charge in [-0.1, -0.05) is 6.42 Å². The molecule has 1 amide bonds. The molecule has 2 heterocycles. The summed E-state index contributed by atoms with van der Waals surface area (Å²) in [4.78, 5) is 15.6. The second-order valence-electron chi connectivity index (χ2n) is 4.47. The van der Waals surface area contributed by atoms with Gasteiger partial charge >= 0.3 is 0 Å². The van der Waals surface area contributed by atoms with E-state index < -0.39 is 0 Å². The van der Waals surface area contributed by atoms with Gasteiger partial charge in [0, 0.05) is 30.5 Å². The number of nitrogens with one attached hydrogen (secondary N) is 2. The Kier molecular flexibility index (Phi) is 4.50. The van der Waals surface area contributed by atoms with Crippen molar-refractivity contribution in [3.63, 3.8) is 0 Å². The Balaban J connectivity index is 1.70. The molecule has 1 unspecified atom stereocenters. The predicted octanol–water partition coefficient (Wildman–Crippen LogP) is 1.94. The van der Waals surface area contributed by atoms with Crippen molar-refractivity contribution >= 4 is 11.6 Å². The van der Waals surface area contributed by atoms with Gasteiger partial charge in [0.1, 0.15) is 0 Å². The van der Waals surface area contributed by atoms with Crippen LogP contribution in [0.25, 0.3) is 0 Å². The number of carbonyl (C=O) groups is 1. The molecule has 2 N–H and O–H groups in total. The number of carbonyl (C=O) groups excluding carboxylic acids is 1. The summed E-state index contributed by atoms with van der Waals surface area (Å²) in [6, 6.07) is 4.12. The average Bonchev–Trinajstić information content (AvgIpc) is 2.39. The van der Waals surface area contributed by atoms with E-state index in [4.69, 9.17) is 0 Å². The molecular weight excluding hydrogens is 214 g/mol. The van der Waals surface area contributed by atoms with Crippen molar-refractivity contribution in [1.29, 1.82) is 0 Å². The summed E-state index contributed by atoms with van der Waals surface area (Å²) < 4.78 is 0. The minimum Gasteiger partial charge on any atom is -0.326 e. The van der Waals surface area contributed by atoms with Crippen molar-refractivity contribution in [2.24, 2.45) is 0 Å². The third-order valence-corrected chi connectivity index (χ3v) is 3.10. The summed E-state index contributed by atoms with van der Waals surface area (Å²) in [5, 5.41) is 6.32. The summed E-state index contributed by atoms with van der Waals surface area (Å²) in [6.45, 7) is 1.09. The van der Waals surface area contributed by atoms with Crippen molar-refractivity contribution in [3.8, 4) is 0 Å². The number of amides is 1. The molecule has 17 heavy (non-hydrogen) atoms. The summed E-state index contributed by atoms with van der Waals surface area (Å²) in [6.07, 6.45) is 8.61. The lowest BCUT2D eigenvalue weighted by atomic mass is 10.0. The van der Waals surface area contributed by atoms with Crippen LogP contribution in [0.4, 0.5) is 5.69 Å². The van der Waals surface area contributed by atoms with Crippen LogP contribution in [0.5, 0.6) is 0 Å². The predicted molar refractivity (Wildman–Crippen MR) is 67.7 cm³/mol. The number of rotatable bonds is 4. The molecule has 1 aromatic heterocycles. The topological polar surface area (TPSA) is 54.0 Å². The zero-order chi connectivity index (χ0) is 11.9. The molecule has 1 aliphatic rings. The van der Waals surface area contributed by atoms with Gasteiger partial charge in [0.05, 0.1) is 0 Å². The summed E-state index contributed by atoms with van der Waals surface area (Å²) >= 11 is 0. The minimum atomic E-state index is 0.0866. The van der Waals surface area contributed by atoms with E-state index in [9.17, 15) is 4.79 Å². The first kappa shape index (κ1) is 12.0. The van der Waals surface area contributed by atoms with Crippen LogP contribution in [0.2, 0.25) is 0 Å². The Morgan fingerprint density at radius 1 is 1.41 bits per heavy atom. The van der Waals surface area contributed by atoms with Crippen LogP contribution in [-0.2, 0) is 4.79 Å². The number of piperidine rings is 1. The molecule has 0 aliphatic carbocycles.